The summed E-state index contributed by atoms with van der Waals surface area (Å²) < 4.78 is 0. The first-order chi connectivity index (χ1) is 7.49. The number of hydrogen-bond donors (Lipinski definition) is 1. The van der Waals surface area contributed by atoms with Crippen molar-refractivity contribution in [1.82, 2.24) is 0 Å². The largest absolute Gasteiger partial charge is 0.480 e. The molecule has 1 unspecified atom stereocenters. The SMILES string of the molecule is N#CC(C(=O)O)c1cccc(Cl)c1[N+](=O)[O-]. The quantitative estimate of drug-likeness (QED) is 0.642. The summed E-state index contributed by atoms with van der Waals surface area (Å²) in [5, 5.41) is 27.9. The van der Waals surface area contributed by atoms with Gasteiger partial charge in [0.2, 0.25) is 0 Å². The number of nitrogens with zero attached hydrogens (tertiary/aromatic N) is 2. The first kappa shape index (κ1) is 11.9. The summed E-state index contributed by atoms with van der Waals surface area (Å²) in [6, 6.07) is 5.30. The molecule has 0 saturated heterocycles. The summed E-state index contributed by atoms with van der Waals surface area (Å²) in [5.41, 5.74) is -0.759. The lowest BCUT2D eigenvalue weighted by Gasteiger charge is -2.05. The molecule has 0 spiro atoms. The predicted molar refractivity (Wildman–Crippen MR) is 54.1 cm³/mol. The van der Waals surface area contributed by atoms with Crippen LogP contribution in [0.4, 0.5) is 5.69 Å². The fraction of sp³-hybridized carbons (Fsp3) is 0.111. The standard InChI is InChI=1S/C9H5ClN2O4/c10-7-3-1-2-5(8(7)12(15)16)6(4-11)9(13)14/h1-3,6H,(H,13,14). The summed E-state index contributed by atoms with van der Waals surface area (Å²) in [6.07, 6.45) is 0. The van der Waals surface area contributed by atoms with Gasteiger partial charge >= 0.3 is 5.97 Å². The summed E-state index contributed by atoms with van der Waals surface area (Å²) >= 11 is 5.59. The number of carbonyl (C=O) groups is 1. The molecule has 0 aromatic heterocycles. The molecule has 0 radical (unpaired) electrons. The number of para-hydroxylation sites is 1. The van der Waals surface area contributed by atoms with E-state index in [1.165, 1.54) is 24.3 Å². The van der Waals surface area contributed by atoms with Gasteiger partial charge in [-0.05, 0) is 6.07 Å². The summed E-state index contributed by atoms with van der Waals surface area (Å²) in [4.78, 5) is 20.6. The highest BCUT2D eigenvalue weighted by Gasteiger charge is 2.29. The lowest BCUT2D eigenvalue weighted by Crippen LogP contribution is -2.11. The molecule has 0 heterocycles. The minimum absolute atomic E-state index is 0.191. The molecule has 0 aliphatic carbocycles. The summed E-state index contributed by atoms with van der Waals surface area (Å²) in [6.45, 7) is 0. The lowest BCUT2D eigenvalue weighted by atomic mass is 9.99. The van der Waals surface area contributed by atoms with Gasteiger partial charge in [0.25, 0.3) is 5.69 Å². The Kier molecular flexibility index (Phi) is 3.43. The van der Waals surface area contributed by atoms with Gasteiger partial charge in [-0.15, -0.1) is 0 Å². The molecule has 0 saturated carbocycles. The van der Waals surface area contributed by atoms with Crippen LogP contribution in [-0.4, -0.2) is 16.0 Å². The van der Waals surface area contributed by atoms with Crippen molar-refractivity contribution in [2.45, 2.75) is 5.92 Å². The van der Waals surface area contributed by atoms with E-state index < -0.39 is 22.5 Å². The molecule has 1 aromatic carbocycles. The minimum Gasteiger partial charge on any atom is -0.480 e. The van der Waals surface area contributed by atoms with Crippen molar-refractivity contribution in [3.8, 4) is 6.07 Å². The Labute approximate surface area is 94.8 Å². The Morgan fingerprint density at radius 2 is 2.25 bits per heavy atom. The van der Waals surface area contributed by atoms with E-state index in [0.29, 0.717) is 0 Å². The highest BCUT2D eigenvalue weighted by atomic mass is 35.5. The van der Waals surface area contributed by atoms with Crippen molar-refractivity contribution in [1.29, 1.82) is 5.26 Å². The Hall–Kier alpha value is -2.13. The van der Waals surface area contributed by atoms with Crippen LogP contribution in [0.2, 0.25) is 5.02 Å². The molecule has 6 nitrogen and oxygen atoms in total. The molecule has 1 aromatic rings. The Morgan fingerprint density at radius 3 is 2.69 bits per heavy atom. The van der Waals surface area contributed by atoms with E-state index in [1.54, 1.807) is 0 Å². The van der Waals surface area contributed by atoms with Crippen molar-refractivity contribution in [2.24, 2.45) is 0 Å². The number of nitro groups is 1. The van der Waals surface area contributed by atoms with Gasteiger partial charge in [0.1, 0.15) is 5.02 Å². The smallest absolute Gasteiger partial charge is 0.325 e. The van der Waals surface area contributed by atoms with Crippen molar-refractivity contribution >= 4 is 23.3 Å². The molecule has 0 bridgehead atoms. The van der Waals surface area contributed by atoms with Crippen LogP contribution in [0.3, 0.4) is 0 Å². The molecule has 1 rings (SSSR count). The highest BCUT2D eigenvalue weighted by Crippen LogP contribution is 2.33. The maximum atomic E-state index is 10.7. The molecule has 0 amide bonds. The molecule has 82 valence electrons. The fourth-order valence-corrected chi connectivity index (χ4v) is 1.47. The Morgan fingerprint density at radius 1 is 1.62 bits per heavy atom. The van der Waals surface area contributed by atoms with Gasteiger partial charge in [0.05, 0.1) is 16.6 Å². The lowest BCUT2D eigenvalue weighted by molar-refractivity contribution is -0.385. The van der Waals surface area contributed by atoms with E-state index in [4.69, 9.17) is 22.0 Å². The van der Waals surface area contributed by atoms with E-state index in [1.807, 2.05) is 0 Å². The van der Waals surface area contributed by atoms with E-state index in [9.17, 15) is 14.9 Å². The maximum absolute atomic E-state index is 10.7. The molecule has 7 heteroatoms. The molecular formula is C9H5ClN2O4. The predicted octanol–water partition coefficient (Wildman–Crippen LogP) is 1.94. The van der Waals surface area contributed by atoms with E-state index in [2.05, 4.69) is 0 Å². The summed E-state index contributed by atoms with van der Waals surface area (Å²) in [5.74, 6) is -3.05. The monoisotopic (exact) mass is 240 g/mol. The number of rotatable bonds is 3. The Bertz CT molecular complexity index is 495. The zero-order valence-corrected chi connectivity index (χ0v) is 8.51. The molecular weight excluding hydrogens is 236 g/mol. The average molecular weight is 241 g/mol. The minimum atomic E-state index is -1.60. The zero-order valence-electron chi connectivity index (χ0n) is 7.75. The summed E-state index contributed by atoms with van der Waals surface area (Å²) in [7, 11) is 0. The number of carboxylic acid groups (broad SMARTS) is 1. The second-order valence-electron chi connectivity index (χ2n) is 2.84. The van der Waals surface area contributed by atoms with Crippen molar-refractivity contribution < 1.29 is 14.8 Å². The van der Waals surface area contributed by atoms with Crippen LogP contribution in [0.5, 0.6) is 0 Å². The van der Waals surface area contributed by atoms with Gasteiger partial charge in [-0.1, -0.05) is 23.7 Å². The second-order valence-corrected chi connectivity index (χ2v) is 3.24. The Balaban J connectivity index is 3.45. The molecule has 1 N–H and O–H groups in total. The topological polar surface area (TPSA) is 104 Å². The zero-order chi connectivity index (χ0) is 12.3. The van der Waals surface area contributed by atoms with Crippen LogP contribution >= 0.6 is 11.6 Å². The third kappa shape index (κ3) is 2.10. The van der Waals surface area contributed by atoms with Gasteiger partial charge in [0.15, 0.2) is 5.92 Å². The van der Waals surface area contributed by atoms with E-state index >= 15 is 0 Å². The van der Waals surface area contributed by atoms with Crippen molar-refractivity contribution in [3.05, 3.63) is 38.9 Å². The number of aliphatic carboxylic acids is 1. The number of carboxylic acids is 1. The van der Waals surface area contributed by atoms with Gasteiger partial charge in [0, 0.05) is 0 Å². The first-order valence-electron chi connectivity index (χ1n) is 4.04. The van der Waals surface area contributed by atoms with Crippen LogP contribution in [0, 0.1) is 21.4 Å². The van der Waals surface area contributed by atoms with Gasteiger partial charge < -0.3 is 5.11 Å². The third-order valence-electron chi connectivity index (χ3n) is 1.89. The number of halogens is 1. The van der Waals surface area contributed by atoms with Crippen molar-refractivity contribution in [2.75, 3.05) is 0 Å². The number of hydrogen-bond acceptors (Lipinski definition) is 4. The van der Waals surface area contributed by atoms with Gasteiger partial charge in [-0.25, -0.2) is 0 Å². The number of nitriles is 1. The average Bonchev–Trinajstić information content (AvgIpc) is 2.17. The van der Waals surface area contributed by atoms with E-state index in [0.717, 1.165) is 0 Å². The van der Waals surface area contributed by atoms with Crippen molar-refractivity contribution in [3.63, 3.8) is 0 Å². The van der Waals surface area contributed by atoms with Gasteiger partial charge in [-0.2, -0.15) is 5.26 Å². The number of nitro benzene ring substituents is 1. The van der Waals surface area contributed by atoms with Crippen LogP contribution in [0.1, 0.15) is 11.5 Å². The maximum Gasteiger partial charge on any atom is 0.325 e. The molecule has 0 aliphatic rings. The highest BCUT2D eigenvalue weighted by molar-refractivity contribution is 6.32. The molecule has 0 aliphatic heterocycles. The van der Waals surface area contributed by atoms with Crippen LogP contribution < -0.4 is 0 Å². The molecule has 1 atom stereocenters. The van der Waals surface area contributed by atoms with Crippen LogP contribution in [-0.2, 0) is 4.79 Å². The number of benzene rings is 1. The van der Waals surface area contributed by atoms with Gasteiger partial charge in [-0.3, -0.25) is 14.9 Å². The first-order valence-corrected chi connectivity index (χ1v) is 4.42. The molecule has 0 fully saturated rings. The third-order valence-corrected chi connectivity index (χ3v) is 2.19. The molecule has 16 heavy (non-hydrogen) atoms. The fourth-order valence-electron chi connectivity index (χ4n) is 1.22. The van der Waals surface area contributed by atoms with E-state index in [-0.39, 0.29) is 10.6 Å². The normalized spacial score (nSPS) is 11.5. The van der Waals surface area contributed by atoms with Crippen LogP contribution in [0.15, 0.2) is 18.2 Å². The second kappa shape index (κ2) is 4.59. The van der Waals surface area contributed by atoms with Crippen LogP contribution in [0.25, 0.3) is 0 Å².